The lowest BCUT2D eigenvalue weighted by molar-refractivity contribution is 0.00708. The topological polar surface area (TPSA) is 65.2 Å². The second-order valence-electron chi connectivity index (χ2n) is 6.71. The van der Waals surface area contributed by atoms with Crippen LogP contribution in [0.1, 0.15) is 31.1 Å². The van der Waals surface area contributed by atoms with Gasteiger partial charge in [-0.3, -0.25) is 4.98 Å². The van der Waals surface area contributed by atoms with Crippen LogP contribution in [-0.2, 0) is 4.74 Å². The number of nitrogen functional groups attached to an aromatic ring is 1. The Balaban J connectivity index is 2.02. The van der Waals surface area contributed by atoms with E-state index in [9.17, 15) is 4.79 Å². The van der Waals surface area contributed by atoms with Crippen molar-refractivity contribution in [3.63, 3.8) is 0 Å². The molecule has 1 aromatic heterocycles. The number of hydrogen-bond acceptors (Lipinski definition) is 4. The van der Waals surface area contributed by atoms with Crippen LogP contribution in [0.2, 0.25) is 0 Å². The van der Waals surface area contributed by atoms with Gasteiger partial charge in [-0.15, -0.1) is 0 Å². The zero-order chi connectivity index (χ0) is 17.3. The van der Waals surface area contributed by atoms with Crippen molar-refractivity contribution in [3.8, 4) is 11.1 Å². The molecule has 4 heteroatoms. The van der Waals surface area contributed by atoms with Gasteiger partial charge in [-0.05, 0) is 43.9 Å². The summed E-state index contributed by atoms with van der Waals surface area (Å²) in [5.41, 5.74) is 8.22. The van der Waals surface area contributed by atoms with Crippen molar-refractivity contribution in [2.45, 2.75) is 26.4 Å². The van der Waals surface area contributed by atoms with Crippen molar-refractivity contribution in [1.82, 2.24) is 4.98 Å². The smallest absolute Gasteiger partial charge is 0.340 e. The number of esters is 1. The Hall–Kier alpha value is -2.88. The zero-order valence-corrected chi connectivity index (χ0v) is 14.0. The van der Waals surface area contributed by atoms with Gasteiger partial charge in [0.15, 0.2) is 0 Å². The predicted molar refractivity (Wildman–Crippen MR) is 96.8 cm³/mol. The molecule has 0 saturated carbocycles. The Bertz CT molecular complexity index is 906. The quantitative estimate of drug-likeness (QED) is 0.560. The van der Waals surface area contributed by atoms with Crippen LogP contribution in [0.4, 0.5) is 5.69 Å². The molecule has 0 fully saturated rings. The van der Waals surface area contributed by atoms with Crippen LogP contribution in [0.25, 0.3) is 21.9 Å². The molecular formula is C20H20N2O2. The summed E-state index contributed by atoms with van der Waals surface area (Å²) in [5.74, 6) is -0.414. The predicted octanol–water partition coefficient (Wildman–Crippen LogP) is 4.44. The van der Waals surface area contributed by atoms with E-state index in [1.807, 2.05) is 63.5 Å². The molecule has 2 N–H and O–H groups in total. The number of pyridine rings is 1. The summed E-state index contributed by atoms with van der Waals surface area (Å²) in [6.45, 7) is 5.49. The molecule has 3 rings (SSSR count). The van der Waals surface area contributed by atoms with Gasteiger partial charge in [0, 0.05) is 29.0 Å². The van der Waals surface area contributed by atoms with Gasteiger partial charge in [0.2, 0.25) is 0 Å². The SMILES string of the molecule is CC(C)(C)OC(=O)c1ccc(-c2cncc3ccccc23)cc1N. The summed E-state index contributed by atoms with van der Waals surface area (Å²) >= 11 is 0. The molecule has 1 heterocycles. The maximum Gasteiger partial charge on any atom is 0.340 e. The molecular weight excluding hydrogens is 300 g/mol. The minimum Gasteiger partial charge on any atom is -0.456 e. The normalized spacial score (nSPS) is 11.5. The average Bonchev–Trinajstić information content (AvgIpc) is 2.52. The fourth-order valence-corrected chi connectivity index (χ4v) is 2.60. The van der Waals surface area contributed by atoms with E-state index in [1.165, 1.54) is 0 Å². The van der Waals surface area contributed by atoms with Crippen LogP contribution in [0.15, 0.2) is 54.9 Å². The molecule has 0 aliphatic carbocycles. The number of carbonyl (C=O) groups excluding carboxylic acids is 1. The van der Waals surface area contributed by atoms with Crippen molar-refractivity contribution < 1.29 is 9.53 Å². The highest BCUT2D eigenvalue weighted by Crippen LogP contribution is 2.30. The number of carbonyl (C=O) groups is 1. The summed E-state index contributed by atoms with van der Waals surface area (Å²) in [6, 6.07) is 13.4. The van der Waals surface area contributed by atoms with Crippen LogP contribution in [-0.4, -0.2) is 16.6 Å². The molecule has 3 aromatic rings. The van der Waals surface area contributed by atoms with Gasteiger partial charge >= 0.3 is 5.97 Å². The summed E-state index contributed by atoms with van der Waals surface area (Å²) < 4.78 is 5.39. The third kappa shape index (κ3) is 3.23. The van der Waals surface area contributed by atoms with Crippen molar-refractivity contribution in [3.05, 3.63) is 60.4 Å². The Labute approximate surface area is 141 Å². The van der Waals surface area contributed by atoms with Crippen LogP contribution in [0, 0.1) is 0 Å². The molecule has 2 aromatic carbocycles. The fraction of sp³-hybridized carbons (Fsp3) is 0.200. The van der Waals surface area contributed by atoms with Crippen LogP contribution >= 0.6 is 0 Å². The first-order chi connectivity index (χ1) is 11.3. The summed E-state index contributed by atoms with van der Waals surface area (Å²) in [7, 11) is 0. The van der Waals surface area contributed by atoms with Crippen molar-refractivity contribution in [1.29, 1.82) is 0 Å². The Kier molecular flexibility index (Phi) is 3.97. The molecule has 0 atom stereocenters. The van der Waals surface area contributed by atoms with E-state index in [4.69, 9.17) is 10.5 Å². The number of nitrogens with two attached hydrogens (primary N) is 1. The van der Waals surface area contributed by atoms with Crippen molar-refractivity contribution >= 4 is 22.4 Å². The second kappa shape index (κ2) is 5.96. The molecule has 4 nitrogen and oxygen atoms in total. The van der Waals surface area contributed by atoms with Gasteiger partial charge in [0.1, 0.15) is 5.60 Å². The number of ether oxygens (including phenoxy) is 1. The third-order valence-corrected chi connectivity index (χ3v) is 3.65. The first kappa shape index (κ1) is 16.0. The van der Waals surface area contributed by atoms with E-state index in [0.717, 1.165) is 21.9 Å². The van der Waals surface area contributed by atoms with Crippen molar-refractivity contribution in [2.75, 3.05) is 5.73 Å². The lowest BCUT2D eigenvalue weighted by atomic mass is 9.99. The number of rotatable bonds is 2. The van der Waals surface area contributed by atoms with Gasteiger partial charge in [-0.25, -0.2) is 4.79 Å². The largest absolute Gasteiger partial charge is 0.456 e. The minimum atomic E-state index is -0.554. The number of aromatic nitrogens is 1. The number of hydrogen-bond donors (Lipinski definition) is 1. The molecule has 0 aliphatic rings. The number of nitrogens with zero attached hydrogens (tertiary/aromatic N) is 1. The Morgan fingerprint density at radius 1 is 1.08 bits per heavy atom. The van der Waals surface area contributed by atoms with Crippen LogP contribution < -0.4 is 5.73 Å². The van der Waals surface area contributed by atoms with E-state index in [2.05, 4.69) is 4.98 Å². The molecule has 0 radical (unpaired) electrons. The average molecular weight is 320 g/mol. The summed E-state index contributed by atoms with van der Waals surface area (Å²) in [6.07, 6.45) is 3.64. The maximum absolute atomic E-state index is 12.2. The first-order valence-electron chi connectivity index (χ1n) is 7.81. The number of fused-ring (bicyclic) bond motifs is 1. The van der Waals surface area contributed by atoms with Gasteiger partial charge in [0.05, 0.1) is 5.56 Å². The van der Waals surface area contributed by atoms with Gasteiger partial charge < -0.3 is 10.5 Å². The highest BCUT2D eigenvalue weighted by Gasteiger charge is 2.20. The van der Waals surface area contributed by atoms with Gasteiger partial charge in [0.25, 0.3) is 0 Å². The number of benzene rings is 2. The van der Waals surface area contributed by atoms with E-state index in [-0.39, 0.29) is 0 Å². The maximum atomic E-state index is 12.2. The molecule has 0 aliphatic heterocycles. The number of anilines is 1. The Morgan fingerprint density at radius 3 is 2.54 bits per heavy atom. The van der Waals surface area contributed by atoms with Gasteiger partial charge in [-0.1, -0.05) is 30.3 Å². The highest BCUT2D eigenvalue weighted by molar-refractivity contribution is 5.99. The lowest BCUT2D eigenvalue weighted by Crippen LogP contribution is -2.24. The van der Waals surface area contributed by atoms with E-state index >= 15 is 0 Å². The fourth-order valence-electron chi connectivity index (χ4n) is 2.60. The molecule has 0 unspecified atom stereocenters. The first-order valence-corrected chi connectivity index (χ1v) is 7.81. The van der Waals surface area contributed by atoms with E-state index in [1.54, 1.807) is 12.1 Å². The zero-order valence-electron chi connectivity index (χ0n) is 14.0. The van der Waals surface area contributed by atoms with Crippen LogP contribution in [0.3, 0.4) is 0 Å². The monoisotopic (exact) mass is 320 g/mol. The van der Waals surface area contributed by atoms with E-state index in [0.29, 0.717) is 11.3 Å². The minimum absolute atomic E-state index is 0.377. The summed E-state index contributed by atoms with van der Waals surface area (Å²) in [4.78, 5) is 16.5. The molecule has 122 valence electrons. The second-order valence-corrected chi connectivity index (χ2v) is 6.71. The molecule has 0 saturated heterocycles. The molecule has 0 bridgehead atoms. The highest BCUT2D eigenvalue weighted by atomic mass is 16.6. The van der Waals surface area contributed by atoms with Crippen LogP contribution in [0.5, 0.6) is 0 Å². The molecule has 0 spiro atoms. The van der Waals surface area contributed by atoms with Crippen molar-refractivity contribution in [2.24, 2.45) is 0 Å². The third-order valence-electron chi connectivity index (χ3n) is 3.65. The van der Waals surface area contributed by atoms with E-state index < -0.39 is 11.6 Å². The standard InChI is InChI=1S/C20H20N2O2/c1-20(2,3)24-19(23)16-9-8-13(10-18(16)21)17-12-22-11-14-6-4-5-7-15(14)17/h4-12H,21H2,1-3H3. The Morgan fingerprint density at radius 2 is 1.83 bits per heavy atom. The summed E-state index contributed by atoms with van der Waals surface area (Å²) in [5, 5.41) is 2.15. The van der Waals surface area contributed by atoms with Gasteiger partial charge in [-0.2, -0.15) is 0 Å². The molecule has 24 heavy (non-hydrogen) atoms. The molecule has 0 amide bonds. The lowest BCUT2D eigenvalue weighted by Gasteiger charge is -2.20.